The molecule has 0 heterocycles. The molecule has 0 aliphatic rings. The van der Waals surface area contributed by atoms with Crippen LogP contribution in [-0.2, 0) is 50.5 Å². The number of sulfonamides is 1. The molecule has 18 nitrogen and oxygen atoms in total. The van der Waals surface area contributed by atoms with E-state index in [-0.39, 0.29) is 21.7 Å². The zero-order valence-corrected chi connectivity index (χ0v) is 28.2. The van der Waals surface area contributed by atoms with Crippen molar-refractivity contribution in [1.82, 2.24) is 5.43 Å². The molecule has 0 unspecified atom stereocenters. The van der Waals surface area contributed by atoms with Gasteiger partial charge >= 0.3 is 0 Å². The van der Waals surface area contributed by atoms with Crippen LogP contribution in [0.4, 0.5) is 11.4 Å². The van der Waals surface area contributed by atoms with Crippen LogP contribution in [0.2, 0.25) is 0 Å². The third-order valence-corrected chi connectivity index (χ3v) is 11.9. The number of aryl methyl sites for hydroxylation is 2. The van der Waals surface area contributed by atoms with Crippen molar-refractivity contribution in [2.75, 3.05) is 10.1 Å². The largest absolute Gasteiger partial charge is 0.399 e. The van der Waals surface area contributed by atoms with Crippen LogP contribution in [0.25, 0.3) is 10.8 Å². The Hall–Kier alpha value is -4.20. The van der Waals surface area contributed by atoms with Crippen molar-refractivity contribution < 1.29 is 65.1 Å². The molecule has 1 amide bonds. The lowest BCUT2D eigenvalue weighted by atomic mass is 10.1. The van der Waals surface area contributed by atoms with Gasteiger partial charge in [0.25, 0.3) is 56.4 Å². The number of nitrogens with zero attached hydrogens (tertiary/aromatic N) is 1. The van der Waals surface area contributed by atoms with Crippen molar-refractivity contribution in [3.8, 4) is 0 Å². The number of hydrogen-bond donors (Lipinski definition) is 6. The molecule has 4 aromatic carbocycles. The van der Waals surface area contributed by atoms with E-state index >= 15 is 0 Å². The van der Waals surface area contributed by atoms with Crippen molar-refractivity contribution in [2.24, 2.45) is 0 Å². The van der Waals surface area contributed by atoms with E-state index < -0.39 is 103 Å². The summed E-state index contributed by atoms with van der Waals surface area (Å²) in [6.07, 6.45) is 0. The molecule has 0 atom stereocenters. The fraction of sp³-hybridized carbons (Fsp3) is 0.0800. The first kappa shape index (κ1) is 36.6. The summed E-state index contributed by atoms with van der Waals surface area (Å²) >= 11 is 0. The van der Waals surface area contributed by atoms with Crippen LogP contribution in [0, 0.1) is 13.8 Å². The van der Waals surface area contributed by atoms with E-state index in [1.807, 2.05) is 5.43 Å². The SMILES string of the molecule is Cc1ccc(S(=O)(=O)N(NC(=O)c2ccc(N)cc2S(=O)(=O)O)c2ccc(S(=O)(=O)O)c3cc(S(=O)(=O)O)cc(S(=O)(=O)O)c23)c(C)c1. The van der Waals surface area contributed by atoms with Crippen LogP contribution in [0.15, 0.2) is 85.1 Å². The minimum atomic E-state index is -5.68. The molecule has 0 aliphatic heterocycles. The second-order valence-corrected chi connectivity index (χ2v) is 17.4. The first-order valence-corrected chi connectivity index (χ1v) is 19.8. The highest BCUT2D eigenvalue weighted by molar-refractivity contribution is 7.93. The van der Waals surface area contributed by atoms with Crippen LogP contribution in [0.1, 0.15) is 21.5 Å². The predicted molar refractivity (Wildman–Crippen MR) is 167 cm³/mol. The number of nitrogen functional groups attached to an aromatic ring is 1. The summed E-state index contributed by atoms with van der Waals surface area (Å²) in [5.41, 5.74) is 5.90. The molecular formula is C25H23N3O15S5. The molecule has 4 aromatic rings. The Balaban J connectivity index is 2.22. The molecule has 0 bridgehead atoms. The number of benzene rings is 4. The number of anilines is 2. The Morgan fingerprint density at radius 2 is 1.21 bits per heavy atom. The molecular weight excluding hydrogens is 743 g/mol. The Labute approximate surface area is 273 Å². The molecule has 0 saturated carbocycles. The topological polar surface area (TPSA) is 310 Å². The smallest absolute Gasteiger partial charge is 0.295 e. The second-order valence-electron chi connectivity index (χ2n) is 10.1. The summed E-state index contributed by atoms with van der Waals surface area (Å²) in [7, 11) is -26.8. The maximum absolute atomic E-state index is 14.3. The number of hydrazine groups is 1. The van der Waals surface area contributed by atoms with Crippen molar-refractivity contribution in [1.29, 1.82) is 0 Å². The van der Waals surface area contributed by atoms with Crippen LogP contribution in [0.3, 0.4) is 0 Å². The Morgan fingerprint density at radius 3 is 1.73 bits per heavy atom. The minimum absolute atomic E-state index is 0.0327. The lowest BCUT2D eigenvalue weighted by molar-refractivity contribution is 0.0952. The molecule has 0 saturated heterocycles. The van der Waals surface area contributed by atoms with Gasteiger partial charge in [0.1, 0.15) is 14.7 Å². The second kappa shape index (κ2) is 12.0. The summed E-state index contributed by atoms with van der Waals surface area (Å²) in [5.74, 6) is -1.59. The van der Waals surface area contributed by atoms with Gasteiger partial charge in [0.2, 0.25) is 0 Å². The van der Waals surface area contributed by atoms with Gasteiger partial charge in [0, 0.05) is 16.5 Å². The van der Waals surface area contributed by atoms with Crippen molar-refractivity contribution in [3.05, 3.63) is 77.4 Å². The third kappa shape index (κ3) is 7.13. The molecule has 0 fully saturated rings. The predicted octanol–water partition coefficient (Wildman–Crippen LogP) is 1.57. The van der Waals surface area contributed by atoms with Gasteiger partial charge in [-0.1, -0.05) is 17.7 Å². The standard InChI is InChI=1S/C25H23N3O15S5/c1-13-3-7-20(14(2)9-13)44(30,31)28(27-25(29)17-5-4-15(26)10-22(17)47(38,39)40)19-6-8-21(46(35,36)37)18-11-16(45(32,33)34)12-23(24(18)19)48(41,42)43/h3-12H,26H2,1-2H3,(H,27,29)(H,32,33,34)(H,35,36,37)(H,38,39,40)(H,41,42,43). The first-order chi connectivity index (χ1) is 21.7. The van der Waals surface area contributed by atoms with Gasteiger partial charge in [0.05, 0.1) is 21.0 Å². The summed E-state index contributed by atoms with van der Waals surface area (Å²) in [4.78, 5) is 7.88. The number of rotatable bonds is 9. The van der Waals surface area contributed by atoms with E-state index in [0.717, 1.165) is 18.2 Å². The average Bonchev–Trinajstić information content (AvgIpc) is 2.92. The Kier molecular flexibility index (Phi) is 9.19. The molecule has 7 N–H and O–H groups in total. The molecule has 0 spiro atoms. The van der Waals surface area contributed by atoms with E-state index in [2.05, 4.69) is 0 Å². The number of carbonyl (C=O) groups is 1. The van der Waals surface area contributed by atoms with Crippen LogP contribution in [-0.4, -0.2) is 66.2 Å². The minimum Gasteiger partial charge on any atom is -0.399 e. The maximum Gasteiger partial charge on any atom is 0.295 e. The highest BCUT2D eigenvalue weighted by atomic mass is 32.2. The summed E-state index contributed by atoms with van der Waals surface area (Å²) in [6.45, 7) is 2.94. The zero-order chi connectivity index (χ0) is 36.4. The number of nitrogens with one attached hydrogen (secondary N) is 1. The quantitative estimate of drug-likeness (QED) is 0.0800. The van der Waals surface area contributed by atoms with E-state index in [1.165, 1.54) is 19.1 Å². The molecule has 0 aliphatic carbocycles. The number of fused-ring (bicyclic) bond motifs is 1. The summed E-state index contributed by atoms with van der Waals surface area (Å²) in [6, 6.07) is 7.78. The highest BCUT2D eigenvalue weighted by Crippen LogP contribution is 2.40. The van der Waals surface area contributed by atoms with Gasteiger partial charge in [-0.25, -0.2) is 5.43 Å². The van der Waals surface area contributed by atoms with Crippen molar-refractivity contribution >= 4 is 78.6 Å². The normalized spacial score (nSPS) is 13.0. The fourth-order valence-corrected chi connectivity index (χ4v) is 8.93. The van der Waals surface area contributed by atoms with Gasteiger partial charge in [-0.3, -0.25) is 23.0 Å². The van der Waals surface area contributed by atoms with E-state index in [1.54, 1.807) is 6.92 Å². The number of carbonyl (C=O) groups excluding carboxylic acids is 1. The molecule has 4 rings (SSSR count). The molecule has 258 valence electrons. The third-order valence-electron chi connectivity index (χ3n) is 6.64. The summed E-state index contributed by atoms with van der Waals surface area (Å²) < 4.78 is 166. The monoisotopic (exact) mass is 765 g/mol. The van der Waals surface area contributed by atoms with Crippen molar-refractivity contribution in [2.45, 2.75) is 38.3 Å². The van der Waals surface area contributed by atoms with E-state index in [0.29, 0.717) is 29.8 Å². The number of amides is 1. The molecule has 0 aromatic heterocycles. The lowest BCUT2D eigenvalue weighted by Crippen LogP contribution is -2.47. The summed E-state index contributed by atoms with van der Waals surface area (Å²) in [5, 5.41) is -2.21. The average molecular weight is 766 g/mol. The Bertz CT molecular complexity index is 2600. The van der Waals surface area contributed by atoms with E-state index in [4.69, 9.17) is 5.73 Å². The number of nitrogens with two attached hydrogens (primary N) is 1. The van der Waals surface area contributed by atoms with Gasteiger partial charge < -0.3 is 5.73 Å². The highest BCUT2D eigenvalue weighted by Gasteiger charge is 2.35. The van der Waals surface area contributed by atoms with Gasteiger partial charge in [0.15, 0.2) is 0 Å². The zero-order valence-electron chi connectivity index (χ0n) is 24.1. The van der Waals surface area contributed by atoms with Gasteiger partial charge in [-0.15, -0.1) is 0 Å². The van der Waals surface area contributed by atoms with E-state index in [9.17, 15) is 65.1 Å². The number of hydrogen-bond acceptors (Lipinski definition) is 12. The fourth-order valence-electron chi connectivity index (χ4n) is 4.65. The van der Waals surface area contributed by atoms with Gasteiger partial charge in [-0.2, -0.15) is 46.5 Å². The lowest BCUT2D eigenvalue weighted by Gasteiger charge is -2.28. The van der Waals surface area contributed by atoms with Crippen LogP contribution >= 0.6 is 0 Å². The Morgan fingerprint density at radius 1 is 0.646 bits per heavy atom. The van der Waals surface area contributed by atoms with Crippen LogP contribution < -0.4 is 15.6 Å². The maximum atomic E-state index is 14.3. The van der Waals surface area contributed by atoms with Crippen molar-refractivity contribution in [3.63, 3.8) is 0 Å². The van der Waals surface area contributed by atoms with Gasteiger partial charge in [-0.05, 0) is 67.9 Å². The first-order valence-electron chi connectivity index (χ1n) is 12.6. The molecule has 23 heteroatoms. The van der Waals surface area contributed by atoms with Crippen LogP contribution in [0.5, 0.6) is 0 Å². The molecule has 0 radical (unpaired) electrons. The molecule has 48 heavy (non-hydrogen) atoms.